The summed E-state index contributed by atoms with van der Waals surface area (Å²) in [6.07, 6.45) is 0. The molecule has 24 heavy (non-hydrogen) atoms. The second-order valence-corrected chi connectivity index (χ2v) is 7.98. The summed E-state index contributed by atoms with van der Waals surface area (Å²) in [7, 11) is -3.93. The maximum absolute atomic E-state index is 13.7. The van der Waals surface area contributed by atoms with Crippen LogP contribution >= 0.6 is 27.5 Å². The molecule has 2 rings (SSSR count). The van der Waals surface area contributed by atoms with E-state index in [-0.39, 0.29) is 15.6 Å². The van der Waals surface area contributed by atoms with E-state index in [9.17, 15) is 17.6 Å². The van der Waals surface area contributed by atoms with Crippen LogP contribution < -0.4 is 10.0 Å². The molecule has 0 aliphatic heterocycles. The van der Waals surface area contributed by atoms with Crippen LogP contribution in [0.4, 0.5) is 10.1 Å². The van der Waals surface area contributed by atoms with Gasteiger partial charge in [-0.25, -0.2) is 12.8 Å². The second-order valence-electron chi connectivity index (χ2n) is 4.91. The molecule has 0 aromatic heterocycles. The van der Waals surface area contributed by atoms with E-state index in [1.54, 1.807) is 6.07 Å². The second kappa shape index (κ2) is 7.60. The average Bonchev–Trinajstić information content (AvgIpc) is 2.49. The zero-order valence-electron chi connectivity index (χ0n) is 12.4. The molecule has 2 N–H and O–H groups in total. The molecule has 0 aliphatic carbocycles. The number of anilines is 1. The third kappa shape index (κ3) is 4.76. The Labute approximate surface area is 152 Å². The summed E-state index contributed by atoms with van der Waals surface area (Å²) in [6, 6.07) is 8.64. The Morgan fingerprint density at radius 2 is 1.96 bits per heavy atom. The minimum absolute atomic E-state index is 0.0444. The molecule has 0 radical (unpaired) electrons. The standard InChI is InChI=1S/C15H13BrClFN2O3S/c1-9(15(21)19-14-6-5-10(16)7-13(14)18)20-24(22,23)12-4-2-3-11(17)8-12/h2-9,20H,1H3,(H,19,21). The number of sulfonamides is 1. The highest BCUT2D eigenvalue weighted by atomic mass is 79.9. The highest BCUT2D eigenvalue weighted by Crippen LogP contribution is 2.20. The molecule has 2 aromatic carbocycles. The van der Waals surface area contributed by atoms with Crippen molar-refractivity contribution >= 4 is 49.1 Å². The molecule has 0 bridgehead atoms. The topological polar surface area (TPSA) is 75.3 Å². The normalized spacial score (nSPS) is 12.7. The fourth-order valence-corrected chi connectivity index (χ4v) is 3.66. The molecule has 9 heteroatoms. The molecule has 0 heterocycles. The zero-order chi connectivity index (χ0) is 17.9. The van der Waals surface area contributed by atoms with E-state index in [1.165, 1.54) is 43.3 Å². The van der Waals surface area contributed by atoms with E-state index in [4.69, 9.17) is 11.6 Å². The summed E-state index contributed by atoms with van der Waals surface area (Å²) >= 11 is 8.88. The Hall–Kier alpha value is -1.48. The minimum atomic E-state index is -3.93. The van der Waals surface area contributed by atoms with Crippen molar-refractivity contribution < 1.29 is 17.6 Å². The number of benzene rings is 2. The predicted octanol–water partition coefficient (Wildman–Crippen LogP) is 3.55. The predicted molar refractivity (Wildman–Crippen MR) is 94.0 cm³/mol. The number of halogens is 3. The molecule has 128 valence electrons. The number of carbonyl (C=O) groups excluding carboxylic acids is 1. The summed E-state index contributed by atoms with van der Waals surface area (Å²) in [4.78, 5) is 12.0. The lowest BCUT2D eigenvalue weighted by atomic mass is 10.2. The largest absolute Gasteiger partial charge is 0.322 e. The van der Waals surface area contributed by atoms with Gasteiger partial charge in [0.25, 0.3) is 0 Å². The number of amides is 1. The molecule has 0 saturated heterocycles. The zero-order valence-corrected chi connectivity index (χ0v) is 15.5. The Morgan fingerprint density at radius 1 is 1.25 bits per heavy atom. The smallest absolute Gasteiger partial charge is 0.242 e. The Balaban J connectivity index is 2.11. The molecule has 1 unspecified atom stereocenters. The van der Waals surface area contributed by atoms with Crippen LogP contribution in [0.2, 0.25) is 5.02 Å². The number of nitrogens with one attached hydrogen (secondary N) is 2. The molecule has 0 aliphatic rings. The van der Waals surface area contributed by atoms with Gasteiger partial charge < -0.3 is 5.32 Å². The van der Waals surface area contributed by atoms with E-state index < -0.39 is 27.8 Å². The van der Waals surface area contributed by atoms with Crippen LogP contribution in [0.25, 0.3) is 0 Å². The van der Waals surface area contributed by atoms with Crippen LogP contribution in [0.5, 0.6) is 0 Å². The van der Waals surface area contributed by atoms with Gasteiger partial charge in [0.1, 0.15) is 5.82 Å². The lowest BCUT2D eigenvalue weighted by molar-refractivity contribution is -0.117. The monoisotopic (exact) mass is 434 g/mol. The van der Waals surface area contributed by atoms with Crippen LogP contribution in [0.1, 0.15) is 6.92 Å². The lowest BCUT2D eigenvalue weighted by Crippen LogP contribution is -2.41. The quantitative estimate of drug-likeness (QED) is 0.754. The Kier molecular flexibility index (Phi) is 5.97. The van der Waals surface area contributed by atoms with Gasteiger partial charge in [-0.15, -0.1) is 0 Å². The molecule has 2 aromatic rings. The van der Waals surface area contributed by atoms with Crippen molar-refractivity contribution in [1.82, 2.24) is 4.72 Å². The van der Waals surface area contributed by atoms with E-state index in [0.29, 0.717) is 4.47 Å². The fraction of sp³-hybridized carbons (Fsp3) is 0.133. The third-order valence-corrected chi connectivity index (χ3v) is 5.29. The molecular weight excluding hydrogens is 423 g/mol. The van der Waals surface area contributed by atoms with Crippen molar-refractivity contribution in [3.05, 3.63) is 57.8 Å². The summed E-state index contributed by atoms with van der Waals surface area (Å²) in [5.41, 5.74) is -0.0444. The highest BCUT2D eigenvalue weighted by molar-refractivity contribution is 9.10. The minimum Gasteiger partial charge on any atom is -0.322 e. The van der Waals surface area contributed by atoms with Crippen molar-refractivity contribution in [2.75, 3.05) is 5.32 Å². The number of rotatable bonds is 5. The maximum Gasteiger partial charge on any atom is 0.242 e. The van der Waals surface area contributed by atoms with Crippen molar-refractivity contribution in [3.8, 4) is 0 Å². The van der Waals surface area contributed by atoms with Crippen molar-refractivity contribution in [3.63, 3.8) is 0 Å². The molecular formula is C15H13BrClFN2O3S. The van der Waals surface area contributed by atoms with E-state index in [2.05, 4.69) is 26.0 Å². The number of carbonyl (C=O) groups is 1. The molecule has 0 spiro atoms. The van der Waals surface area contributed by atoms with Gasteiger partial charge in [-0.05, 0) is 43.3 Å². The maximum atomic E-state index is 13.7. The van der Waals surface area contributed by atoms with Crippen LogP contribution in [0.3, 0.4) is 0 Å². The highest BCUT2D eigenvalue weighted by Gasteiger charge is 2.23. The first-order valence-corrected chi connectivity index (χ1v) is 9.38. The van der Waals surface area contributed by atoms with Gasteiger partial charge in [-0.2, -0.15) is 4.72 Å². The van der Waals surface area contributed by atoms with Crippen LogP contribution in [0.15, 0.2) is 51.8 Å². The summed E-state index contributed by atoms with van der Waals surface area (Å²) < 4.78 is 40.9. The number of hydrogen-bond donors (Lipinski definition) is 2. The molecule has 0 saturated carbocycles. The van der Waals surface area contributed by atoms with Gasteiger partial charge in [-0.1, -0.05) is 33.6 Å². The summed E-state index contributed by atoms with van der Waals surface area (Å²) in [6.45, 7) is 1.36. The van der Waals surface area contributed by atoms with E-state index in [0.717, 1.165) is 0 Å². The fourth-order valence-electron chi connectivity index (χ4n) is 1.82. The number of hydrogen-bond acceptors (Lipinski definition) is 3. The van der Waals surface area contributed by atoms with Crippen molar-refractivity contribution in [2.24, 2.45) is 0 Å². The van der Waals surface area contributed by atoms with Gasteiger partial charge in [0.05, 0.1) is 16.6 Å². The third-order valence-electron chi connectivity index (χ3n) is 3.02. The summed E-state index contributed by atoms with van der Waals surface area (Å²) in [5.74, 6) is -1.33. The van der Waals surface area contributed by atoms with Crippen LogP contribution in [-0.4, -0.2) is 20.4 Å². The van der Waals surface area contributed by atoms with Gasteiger partial charge in [0.15, 0.2) is 0 Å². The molecule has 0 fully saturated rings. The van der Waals surface area contributed by atoms with Gasteiger partial charge in [0, 0.05) is 9.50 Å². The molecule has 1 atom stereocenters. The van der Waals surface area contributed by atoms with Gasteiger partial charge >= 0.3 is 0 Å². The first-order chi connectivity index (χ1) is 11.2. The molecule has 1 amide bonds. The van der Waals surface area contributed by atoms with E-state index >= 15 is 0 Å². The van der Waals surface area contributed by atoms with Gasteiger partial charge in [-0.3, -0.25) is 4.79 Å². The first kappa shape index (κ1) is 18.9. The summed E-state index contributed by atoms with van der Waals surface area (Å²) in [5, 5.41) is 2.59. The van der Waals surface area contributed by atoms with Crippen LogP contribution in [-0.2, 0) is 14.8 Å². The first-order valence-electron chi connectivity index (χ1n) is 6.73. The van der Waals surface area contributed by atoms with Crippen LogP contribution in [0, 0.1) is 5.82 Å². The Bertz CT molecular complexity index is 877. The van der Waals surface area contributed by atoms with Gasteiger partial charge in [0.2, 0.25) is 15.9 Å². The SMILES string of the molecule is CC(NS(=O)(=O)c1cccc(Cl)c1)C(=O)Nc1ccc(Br)cc1F. The lowest BCUT2D eigenvalue weighted by Gasteiger charge is -2.15. The molecule has 5 nitrogen and oxygen atoms in total. The van der Waals surface area contributed by atoms with Crippen molar-refractivity contribution in [1.29, 1.82) is 0 Å². The Morgan fingerprint density at radius 3 is 2.58 bits per heavy atom. The van der Waals surface area contributed by atoms with Crippen molar-refractivity contribution in [2.45, 2.75) is 17.9 Å². The van der Waals surface area contributed by atoms with E-state index in [1.807, 2.05) is 0 Å². The average molecular weight is 436 g/mol.